The van der Waals surface area contributed by atoms with E-state index < -0.39 is 5.97 Å². The minimum atomic E-state index is -0.467. The maximum absolute atomic E-state index is 12.7. The summed E-state index contributed by atoms with van der Waals surface area (Å²) >= 11 is 0. The highest BCUT2D eigenvalue weighted by Gasteiger charge is 2.22. The first kappa shape index (κ1) is 18.5. The number of aromatic nitrogens is 3. The Bertz CT molecular complexity index is 1190. The van der Waals surface area contributed by atoms with Gasteiger partial charge in [0.05, 0.1) is 23.7 Å². The number of hydrogen-bond donors (Lipinski definition) is 3. The van der Waals surface area contributed by atoms with Gasteiger partial charge in [0.15, 0.2) is 0 Å². The van der Waals surface area contributed by atoms with Gasteiger partial charge >= 0.3 is 5.97 Å². The molecule has 4 aromatic rings. The Labute approximate surface area is 167 Å². The van der Waals surface area contributed by atoms with Crippen molar-refractivity contribution in [1.29, 1.82) is 0 Å². The lowest BCUT2D eigenvalue weighted by Crippen LogP contribution is -2.14. The van der Waals surface area contributed by atoms with Crippen molar-refractivity contribution in [2.24, 2.45) is 0 Å². The number of amides is 1. The Morgan fingerprint density at radius 2 is 1.72 bits per heavy atom. The number of benzene rings is 2. The van der Waals surface area contributed by atoms with E-state index in [2.05, 4.69) is 20.3 Å². The van der Waals surface area contributed by atoms with Crippen LogP contribution in [-0.4, -0.2) is 33.9 Å². The molecule has 7 nitrogen and oxygen atoms in total. The molecule has 146 valence electrons. The average molecular weight is 388 g/mol. The van der Waals surface area contributed by atoms with Crippen LogP contribution in [0, 0.1) is 13.8 Å². The molecule has 0 unspecified atom stereocenters. The van der Waals surface area contributed by atoms with E-state index >= 15 is 0 Å². The van der Waals surface area contributed by atoms with Gasteiger partial charge in [-0.3, -0.25) is 4.79 Å². The normalized spacial score (nSPS) is 10.9. The summed E-state index contributed by atoms with van der Waals surface area (Å²) < 4.78 is 4.79. The minimum absolute atomic E-state index is 0.322. The molecule has 0 aliphatic carbocycles. The molecule has 1 amide bonds. The molecule has 0 atom stereocenters. The molecule has 2 aromatic carbocycles. The van der Waals surface area contributed by atoms with Crippen molar-refractivity contribution < 1.29 is 14.3 Å². The van der Waals surface area contributed by atoms with Gasteiger partial charge in [-0.05, 0) is 55.8 Å². The Morgan fingerprint density at radius 1 is 1.00 bits per heavy atom. The second-order valence-corrected chi connectivity index (χ2v) is 6.75. The molecule has 2 aromatic heterocycles. The SMILES string of the molecule is COC(=O)c1c(C)[nH]c(C(=O)Nc2ccc(-c3nc4ccccc4[nH]3)cc2)c1C. The predicted molar refractivity (Wildman–Crippen MR) is 111 cm³/mol. The molecule has 3 N–H and O–H groups in total. The number of aryl methyl sites for hydroxylation is 1. The van der Waals surface area contributed by atoms with E-state index in [1.165, 1.54) is 7.11 Å². The zero-order chi connectivity index (χ0) is 20.5. The Balaban J connectivity index is 1.54. The van der Waals surface area contributed by atoms with Gasteiger partial charge in [-0.1, -0.05) is 12.1 Å². The van der Waals surface area contributed by atoms with Crippen LogP contribution in [0.4, 0.5) is 5.69 Å². The number of hydrogen-bond acceptors (Lipinski definition) is 4. The number of rotatable bonds is 4. The number of methoxy groups -OCH3 is 1. The smallest absolute Gasteiger partial charge is 0.339 e. The van der Waals surface area contributed by atoms with E-state index in [1.54, 1.807) is 13.8 Å². The third kappa shape index (κ3) is 3.38. The highest BCUT2D eigenvalue weighted by molar-refractivity contribution is 6.06. The van der Waals surface area contributed by atoms with Crippen LogP contribution in [-0.2, 0) is 4.74 Å². The number of H-pyrrole nitrogens is 2. The van der Waals surface area contributed by atoms with Crippen molar-refractivity contribution in [3.05, 3.63) is 71.0 Å². The topological polar surface area (TPSA) is 99.9 Å². The molecular formula is C22H20N4O3. The summed E-state index contributed by atoms with van der Waals surface area (Å²) in [5.74, 6) is -0.0228. The number of ether oxygens (including phenoxy) is 1. The number of carbonyl (C=O) groups is 2. The number of aromatic amines is 2. The lowest BCUT2D eigenvalue weighted by molar-refractivity contribution is 0.0599. The van der Waals surface area contributed by atoms with Crippen molar-refractivity contribution in [3.8, 4) is 11.4 Å². The first-order valence-corrected chi connectivity index (χ1v) is 9.12. The largest absolute Gasteiger partial charge is 0.465 e. The van der Waals surface area contributed by atoms with E-state index in [9.17, 15) is 9.59 Å². The highest BCUT2D eigenvalue weighted by atomic mass is 16.5. The second kappa shape index (κ2) is 7.27. The van der Waals surface area contributed by atoms with Crippen molar-refractivity contribution >= 4 is 28.6 Å². The van der Waals surface area contributed by atoms with Crippen LogP contribution in [0.2, 0.25) is 0 Å². The minimum Gasteiger partial charge on any atom is -0.465 e. The number of nitrogens with one attached hydrogen (secondary N) is 3. The molecule has 0 saturated heterocycles. The fraction of sp³-hybridized carbons (Fsp3) is 0.136. The van der Waals surface area contributed by atoms with Gasteiger partial charge in [0.25, 0.3) is 5.91 Å². The van der Waals surface area contributed by atoms with Crippen LogP contribution < -0.4 is 5.32 Å². The van der Waals surface area contributed by atoms with Gasteiger partial charge in [-0.25, -0.2) is 9.78 Å². The standard InChI is InChI=1S/C22H20N4O3/c1-12-18(22(28)29-3)13(2)23-19(12)21(27)24-15-10-8-14(9-11-15)20-25-16-6-4-5-7-17(16)26-20/h4-11,23H,1-3H3,(H,24,27)(H,25,26). The van der Waals surface area contributed by atoms with Crippen LogP contribution in [0.1, 0.15) is 32.1 Å². The molecule has 0 bridgehead atoms. The molecule has 0 radical (unpaired) electrons. The second-order valence-electron chi connectivity index (χ2n) is 6.75. The highest BCUT2D eigenvalue weighted by Crippen LogP contribution is 2.23. The lowest BCUT2D eigenvalue weighted by Gasteiger charge is -2.06. The molecule has 29 heavy (non-hydrogen) atoms. The van der Waals surface area contributed by atoms with Gasteiger partial charge in [-0.2, -0.15) is 0 Å². The van der Waals surface area contributed by atoms with Crippen molar-refractivity contribution in [2.45, 2.75) is 13.8 Å². The molecule has 0 spiro atoms. The lowest BCUT2D eigenvalue weighted by atomic mass is 10.1. The maximum Gasteiger partial charge on any atom is 0.339 e. The van der Waals surface area contributed by atoms with Gasteiger partial charge in [0.2, 0.25) is 0 Å². The number of anilines is 1. The average Bonchev–Trinajstić information content (AvgIpc) is 3.28. The zero-order valence-corrected chi connectivity index (χ0v) is 16.3. The number of carbonyl (C=O) groups excluding carboxylic acids is 2. The summed E-state index contributed by atoms with van der Waals surface area (Å²) in [5, 5.41) is 2.85. The monoisotopic (exact) mass is 388 g/mol. The van der Waals surface area contributed by atoms with Crippen LogP contribution in [0.3, 0.4) is 0 Å². The van der Waals surface area contributed by atoms with E-state index in [4.69, 9.17) is 4.74 Å². The molecule has 7 heteroatoms. The molecule has 0 aliphatic heterocycles. The molecular weight excluding hydrogens is 368 g/mol. The van der Waals surface area contributed by atoms with Crippen molar-refractivity contribution in [1.82, 2.24) is 15.0 Å². The fourth-order valence-electron chi connectivity index (χ4n) is 3.38. The predicted octanol–water partition coefficient (Wildman–Crippen LogP) is 4.21. The van der Waals surface area contributed by atoms with E-state index in [0.29, 0.717) is 28.2 Å². The number of nitrogens with zero attached hydrogens (tertiary/aromatic N) is 1. The Hall–Kier alpha value is -3.87. The van der Waals surface area contributed by atoms with Gasteiger partial charge in [0.1, 0.15) is 11.5 Å². The van der Waals surface area contributed by atoms with E-state index in [1.807, 2.05) is 48.5 Å². The molecule has 0 aliphatic rings. The van der Waals surface area contributed by atoms with Crippen LogP contribution in [0.15, 0.2) is 48.5 Å². The molecule has 4 rings (SSSR count). The summed E-state index contributed by atoms with van der Waals surface area (Å²) in [6.07, 6.45) is 0. The Morgan fingerprint density at radius 3 is 2.41 bits per heavy atom. The van der Waals surface area contributed by atoms with Crippen LogP contribution in [0.25, 0.3) is 22.4 Å². The van der Waals surface area contributed by atoms with Crippen LogP contribution >= 0.6 is 0 Å². The van der Waals surface area contributed by atoms with Gasteiger partial charge in [0, 0.05) is 16.9 Å². The molecule has 0 fully saturated rings. The first-order valence-electron chi connectivity index (χ1n) is 9.12. The summed E-state index contributed by atoms with van der Waals surface area (Å²) in [4.78, 5) is 35.4. The van der Waals surface area contributed by atoms with E-state index in [0.717, 1.165) is 22.4 Å². The number of fused-ring (bicyclic) bond motifs is 1. The third-order valence-corrected chi connectivity index (χ3v) is 4.86. The number of para-hydroxylation sites is 2. The number of esters is 1. The van der Waals surface area contributed by atoms with Crippen molar-refractivity contribution in [3.63, 3.8) is 0 Å². The third-order valence-electron chi connectivity index (χ3n) is 4.86. The summed E-state index contributed by atoms with van der Waals surface area (Å²) in [5.41, 5.74) is 5.31. The first-order chi connectivity index (χ1) is 14.0. The molecule has 0 saturated carbocycles. The maximum atomic E-state index is 12.7. The van der Waals surface area contributed by atoms with Crippen LogP contribution in [0.5, 0.6) is 0 Å². The Kier molecular flexibility index (Phi) is 4.64. The van der Waals surface area contributed by atoms with Gasteiger partial charge < -0.3 is 20.0 Å². The summed E-state index contributed by atoms with van der Waals surface area (Å²) in [6, 6.07) is 15.2. The summed E-state index contributed by atoms with van der Waals surface area (Å²) in [7, 11) is 1.32. The fourth-order valence-corrected chi connectivity index (χ4v) is 3.38. The van der Waals surface area contributed by atoms with Crippen molar-refractivity contribution in [2.75, 3.05) is 12.4 Å². The quantitative estimate of drug-likeness (QED) is 0.456. The van der Waals surface area contributed by atoms with Gasteiger partial charge in [-0.15, -0.1) is 0 Å². The zero-order valence-electron chi connectivity index (χ0n) is 16.3. The number of imidazole rings is 1. The molecule has 2 heterocycles. The van der Waals surface area contributed by atoms with E-state index in [-0.39, 0.29) is 5.91 Å². The summed E-state index contributed by atoms with van der Waals surface area (Å²) in [6.45, 7) is 3.45.